The maximum Gasteiger partial charge on any atom is 0.218 e. The lowest BCUT2D eigenvalue weighted by molar-refractivity contribution is 0.0662. The Morgan fingerprint density at radius 2 is 2.41 bits per heavy atom. The van der Waals surface area contributed by atoms with Crippen LogP contribution in [0.2, 0.25) is 0 Å². The zero-order valence-corrected chi connectivity index (χ0v) is 10.4. The lowest BCUT2D eigenvalue weighted by Crippen LogP contribution is -2.17. The standard InChI is InChI=1S/C12H19N3O2/c1-3-10-14-11(13-2)7-12(15-10)17-8-9-5-4-6-16-9/h7,9H,3-6,8H2,1-2H3,(H,13,14,15). The van der Waals surface area contributed by atoms with E-state index in [2.05, 4.69) is 15.3 Å². The summed E-state index contributed by atoms with van der Waals surface area (Å²) < 4.78 is 11.2. The van der Waals surface area contributed by atoms with Crippen LogP contribution in [0, 0.1) is 0 Å². The molecule has 17 heavy (non-hydrogen) atoms. The molecule has 0 saturated carbocycles. The molecular formula is C12H19N3O2. The van der Waals surface area contributed by atoms with Gasteiger partial charge in [-0.3, -0.25) is 0 Å². The first kappa shape index (κ1) is 12.1. The normalized spacial score (nSPS) is 19.3. The molecular weight excluding hydrogens is 218 g/mol. The second kappa shape index (κ2) is 5.82. The van der Waals surface area contributed by atoms with Crippen LogP contribution in [-0.2, 0) is 11.2 Å². The predicted molar refractivity (Wildman–Crippen MR) is 65.4 cm³/mol. The number of ether oxygens (including phenoxy) is 2. The molecule has 1 fully saturated rings. The molecule has 2 heterocycles. The molecule has 1 N–H and O–H groups in total. The molecule has 0 spiro atoms. The predicted octanol–water partition coefficient (Wildman–Crippen LogP) is 1.64. The maximum atomic E-state index is 5.66. The first-order chi connectivity index (χ1) is 8.31. The van der Waals surface area contributed by atoms with Gasteiger partial charge in [-0.05, 0) is 12.8 Å². The summed E-state index contributed by atoms with van der Waals surface area (Å²) in [6.07, 6.45) is 3.21. The van der Waals surface area contributed by atoms with Crippen molar-refractivity contribution in [3.8, 4) is 5.88 Å². The van der Waals surface area contributed by atoms with Gasteiger partial charge in [-0.25, -0.2) is 4.98 Å². The highest BCUT2D eigenvalue weighted by Gasteiger charge is 2.16. The minimum absolute atomic E-state index is 0.216. The van der Waals surface area contributed by atoms with Crippen LogP contribution in [0.25, 0.3) is 0 Å². The number of hydrogen-bond acceptors (Lipinski definition) is 5. The van der Waals surface area contributed by atoms with Crippen molar-refractivity contribution < 1.29 is 9.47 Å². The molecule has 1 aromatic rings. The Hall–Kier alpha value is -1.36. The molecule has 1 aliphatic heterocycles. The van der Waals surface area contributed by atoms with Crippen molar-refractivity contribution in [2.45, 2.75) is 32.3 Å². The van der Waals surface area contributed by atoms with Crippen molar-refractivity contribution in [3.05, 3.63) is 11.9 Å². The summed E-state index contributed by atoms with van der Waals surface area (Å²) >= 11 is 0. The van der Waals surface area contributed by atoms with Gasteiger partial charge in [0.15, 0.2) is 0 Å². The third-order valence-electron chi connectivity index (χ3n) is 2.76. The van der Waals surface area contributed by atoms with Crippen LogP contribution in [0.4, 0.5) is 5.82 Å². The van der Waals surface area contributed by atoms with Crippen molar-refractivity contribution in [1.82, 2.24) is 9.97 Å². The largest absolute Gasteiger partial charge is 0.475 e. The molecule has 0 amide bonds. The van der Waals surface area contributed by atoms with Crippen molar-refractivity contribution in [1.29, 1.82) is 0 Å². The average molecular weight is 237 g/mol. The molecule has 0 radical (unpaired) electrons. The fourth-order valence-corrected chi connectivity index (χ4v) is 1.79. The summed E-state index contributed by atoms with van der Waals surface area (Å²) in [5.74, 6) is 2.20. The molecule has 0 bridgehead atoms. The van der Waals surface area contributed by atoms with E-state index in [4.69, 9.17) is 9.47 Å². The summed E-state index contributed by atoms with van der Waals surface area (Å²) in [6, 6.07) is 1.81. The highest BCUT2D eigenvalue weighted by molar-refractivity contribution is 5.37. The number of nitrogens with zero attached hydrogens (tertiary/aromatic N) is 2. The number of hydrogen-bond donors (Lipinski definition) is 1. The molecule has 5 nitrogen and oxygen atoms in total. The quantitative estimate of drug-likeness (QED) is 0.843. The van der Waals surface area contributed by atoms with Crippen LogP contribution in [0.5, 0.6) is 5.88 Å². The Bertz CT molecular complexity index is 343. The second-order valence-corrected chi connectivity index (χ2v) is 4.06. The van der Waals surface area contributed by atoms with Gasteiger partial charge in [-0.15, -0.1) is 0 Å². The van der Waals surface area contributed by atoms with Crippen LogP contribution in [0.3, 0.4) is 0 Å². The SMILES string of the molecule is CCc1nc(NC)cc(OCC2CCCO2)n1. The lowest BCUT2D eigenvalue weighted by Gasteiger charge is -2.12. The van der Waals surface area contributed by atoms with E-state index in [0.29, 0.717) is 12.5 Å². The molecule has 94 valence electrons. The van der Waals surface area contributed by atoms with Crippen molar-refractivity contribution in [3.63, 3.8) is 0 Å². The zero-order valence-electron chi connectivity index (χ0n) is 10.4. The fourth-order valence-electron chi connectivity index (χ4n) is 1.79. The number of nitrogens with one attached hydrogen (secondary N) is 1. The molecule has 0 aromatic carbocycles. The second-order valence-electron chi connectivity index (χ2n) is 4.06. The van der Waals surface area contributed by atoms with E-state index >= 15 is 0 Å². The molecule has 1 aliphatic rings. The van der Waals surface area contributed by atoms with E-state index in [-0.39, 0.29) is 6.10 Å². The highest BCUT2D eigenvalue weighted by Crippen LogP contribution is 2.17. The van der Waals surface area contributed by atoms with Crippen LogP contribution in [0.1, 0.15) is 25.6 Å². The Balaban J connectivity index is 1.98. The average Bonchev–Trinajstić information content (AvgIpc) is 2.89. The number of aryl methyl sites for hydroxylation is 1. The van der Waals surface area contributed by atoms with Crippen LogP contribution >= 0.6 is 0 Å². The van der Waals surface area contributed by atoms with Crippen LogP contribution < -0.4 is 10.1 Å². The molecule has 2 rings (SSSR count). The minimum atomic E-state index is 0.216. The van der Waals surface area contributed by atoms with E-state index in [1.54, 1.807) is 0 Å². The molecule has 0 aliphatic carbocycles. The Labute approximate surface area is 102 Å². The van der Waals surface area contributed by atoms with Crippen molar-refractivity contribution in [2.75, 3.05) is 25.6 Å². The van der Waals surface area contributed by atoms with Gasteiger partial charge in [0.1, 0.15) is 18.2 Å². The van der Waals surface area contributed by atoms with E-state index in [0.717, 1.165) is 37.5 Å². The summed E-state index contributed by atoms with van der Waals surface area (Å²) in [4.78, 5) is 8.65. The van der Waals surface area contributed by atoms with Gasteiger partial charge in [0.05, 0.1) is 6.10 Å². The molecule has 1 aromatic heterocycles. The maximum absolute atomic E-state index is 5.66. The zero-order chi connectivity index (χ0) is 12.1. The minimum Gasteiger partial charge on any atom is -0.475 e. The molecule has 1 atom stereocenters. The van der Waals surface area contributed by atoms with E-state index in [1.807, 2.05) is 20.0 Å². The van der Waals surface area contributed by atoms with E-state index < -0.39 is 0 Å². The van der Waals surface area contributed by atoms with Gasteiger partial charge < -0.3 is 14.8 Å². The van der Waals surface area contributed by atoms with Crippen molar-refractivity contribution >= 4 is 5.82 Å². The van der Waals surface area contributed by atoms with Gasteiger partial charge in [-0.2, -0.15) is 4.98 Å². The highest BCUT2D eigenvalue weighted by atomic mass is 16.5. The molecule has 5 heteroatoms. The first-order valence-electron chi connectivity index (χ1n) is 6.12. The fraction of sp³-hybridized carbons (Fsp3) is 0.667. The van der Waals surface area contributed by atoms with E-state index in [1.165, 1.54) is 0 Å². The first-order valence-corrected chi connectivity index (χ1v) is 6.12. The Morgan fingerprint density at radius 3 is 3.06 bits per heavy atom. The van der Waals surface area contributed by atoms with Gasteiger partial charge in [0, 0.05) is 26.1 Å². The summed E-state index contributed by atoms with van der Waals surface area (Å²) in [5.41, 5.74) is 0. The van der Waals surface area contributed by atoms with Crippen LogP contribution in [0.15, 0.2) is 6.07 Å². The Kier molecular flexibility index (Phi) is 4.14. The number of anilines is 1. The summed E-state index contributed by atoms with van der Waals surface area (Å²) in [6.45, 7) is 3.45. The Morgan fingerprint density at radius 1 is 1.53 bits per heavy atom. The van der Waals surface area contributed by atoms with Gasteiger partial charge in [0.25, 0.3) is 0 Å². The van der Waals surface area contributed by atoms with Crippen molar-refractivity contribution in [2.24, 2.45) is 0 Å². The smallest absolute Gasteiger partial charge is 0.218 e. The molecule has 1 saturated heterocycles. The summed E-state index contributed by atoms with van der Waals surface area (Å²) in [5, 5.41) is 3.01. The number of rotatable bonds is 5. The van der Waals surface area contributed by atoms with Crippen LogP contribution in [-0.4, -0.2) is 36.3 Å². The monoisotopic (exact) mass is 237 g/mol. The third kappa shape index (κ3) is 3.30. The van der Waals surface area contributed by atoms with Gasteiger partial charge >= 0.3 is 0 Å². The van der Waals surface area contributed by atoms with E-state index in [9.17, 15) is 0 Å². The summed E-state index contributed by atoms with van der Waals surface area (Å²) in [7, 11) is 1.84. The molecule has 1 unspecified atom stereocenters. The number of aromatic nitrogens is 2. The topological polar surface area (TPSA) is 56.3 Å². The lowest BCUT2D eigenvalue weighted by atomic mass is 10.2. The van der Waals surface area contributed by atoms with Gasteiger partial charge in [0.2, 0.25) is 5.88 Å². The third-order valence-corrected chi connectivity index (χ3v) is 2.76. The van der Waals surface area contributed by atoms with Gasteiger partial charge in [-0.1, -0.05) is 6.92 Å².